The second kappa shape index (κ2) is 4.67. The molecule has 6 heteroatoms. The molecular formula is C7H9Cl2NO3. The Morgan fingerprint density at radius 1 is 1.85 bits per heavy atom. The van der Waals surface area contributed by atoms with E-state index in [1.807, 2.05) is 0 Å². The summed E-state index contributed by atoms with van der Waals surface area (Å²) in [6.07, 6.45) is 0. The van der Waals surface area contributed by atoms with Crippen molar-refractivity contribution in [3.8, 4) is 0 Å². The van der Waals surface area contributed by atoms with Gasteiger partial charge in [-0.15, -0.1) is 0 Å². The number of ether oxygens (including phenoxy) is 2. The third-order valence-electron chi connectivity index (χ3n) is 1.42. The number of halogens is 2. The van der Waals surface area contributed by atoms with Crippen LogP contribution in [0.1, 0.15) is 6.92 Å². The van der Waals surface area contributed by atoms with Gasteiger partial charge in [-0.2, -0.15) is 0 Å². The van der Waals surface area contributed by atoms with Crippen LogP contribution in [0.15, 0.2) is 4.99 Å². The Labute approximate surface area is 85.8 Å². The predicted molar refractivity (Wildman–Crippen MR) is 49.3 cm³/mol. The third-order valence-corrected chi connectivity index (χ3v) is 1.79. The van der Waals surface area contributed by atoms with Crippen LogP contribution in [0.25, 0.3) is 0 Å². The van der Waals surface area contributed by atoms with Crippen LogP contribution in [-0.4, -0.2) is 36.0 Å². The first kappa shape index (κ1) is 10.6. The van der Waals surface area contributed by atoms with Gasteiger partial charge in [-0.1, -0.05) is 23.2 Å². The third kappa shape index (κ3) is 2.74. The van der Waals surface area contributed by atoms with Gasteiger partial charge in [-0.05, 0) is 6.92 Å². The van der Waals surface area contributed by atoms with E-state index in [0.717, 1.165) is 0 Å². The molecule has 0 unspecified atom stereocenters. The highest BCUT2D eigenvalue weighted by molar-refractivity contribution is 6.53. The predicted octanol–water partition coefficient (Wildman–Crippen LogP) is 1.15. The van der Waals surface area contributed by atoms with Crippen LogP contribution >= 0.6 is 23.2 Å². The summed E-state index contributed by atoms with van der Waals surface area (Å²) in [5.41, 5.74) is 0. The molecule has 0 bridgehead atoms. The molecule has 74 valence electrons. The minimum Gasteiger partial charge on any atom is -0.476 e. The number of carbonyl (C=O) groups excluding carboxylic acids is 1. The van der Waals surface area contributed by atoms with Gasteiger partial charge in [-0.3, -0.25) is 0 Å². The Bertz CT molecular complexity index is 230. The molecule has 0 spiro atoms. The van der Waals surface area contributed by atoms with E-state index < -0.39 is 16.8 Å². The molecule has 4 nitrogen and oxygen atoms in total. The molecule has 0 N–H and O–H groups in total. The van der Waals surface area contributed by atoms with E-state index in [-0.39, 0.29) is 12.5 Å². The number of esters is 1. The van der Waals surface area contributed by atoms with Gasteiger partial charge in [0.1, 0.15) is 6.61 Å². The van der Waals surface area contributed by atoms with Crippen LogP contribution in [0.3, 0.4) is 0 Å². The minimum atomic E-state index is -0.820. The van der Waals surface area contributed by atoms with Gasteiger partial charge in [0.15, 0.2) is 10.9 Å². The Balaban J connectivity index is 2.52. The Kier molecular flexibility index (Phi) is 3.81. The quantitative estimate of drug-likeness (QED) is 0.535. The molecule has 1 atom stereocenters. The first-order valence-electron chi connectivity index (χ1n) is 3.80. The normalized spacial score (nSPS) is 21.2. The zero-order valence-corrected chi connectivity index (χ0v) is 8.51. The molecule has 0 aromatic rings. The van der Waals surface area contributed by atoms with Crippen molar-refractivity contribution >= 4 is 35.1 Å². The highest BCUT2D eigenvalue weighted by Gasteiger charge is 2.29. The van der Waals surface area contributed by atoms with Crippen LogP contribution < -0.4 is 0 Å². The van der Waals surface area contributed by atoms with Crippen LogP contribution in [0.5, 0.6) is 0 Å². The average Bonchev–Trinajstić information content (AvgIpc) is 2.52. The van der Waals surface area contributed by atoms with Crippen molar-refractivity contribution in [2.24, 2.45) is 4.99 Å². The van der Waals surface area contributed by atoms with E-state index in [2.05, 4.69) is 4.99 Å². The largest absolute Gasteiger partial charge is 0.476 e. The first-order valence-corrected chi connectivity index (χ1v) is 4.67. The van der Waals surface area contributed by atoms with Crippen molar-refractivity contribution < 1.29 is 14.3 Å². The highest BCUT2D eigenvalue weighted by Crippen LogP contribution is 2.14. The molecule has 0 radical (unpaired) electrons. The molecule has 0 aromatic heterocycles. The number of aliphatic imine (C=N–C) groups is 1. The molecule has 0 aromatic carbocycles. The number of hydrogen-bond acceptors (Lipinski definition) is 4. The van der Waals surface area contributed by atoms with Crippen molar-refractivity contribution in [2.75, 3.05) is 13.2 Å². The van der Waals surface area contributed by atoms with Gasteiger partial charge < -0.3 is 9.47 Å². The number of carbonyl (C=O) groups is 1. The maximum atomic E-state index is 11.1. The van der Waals surface area contributed by atoms with E-state index in [4.69, 9.17) is 32.7 Å². The fourth-order valence-electron chi connectivity index (χ4n) is 0.871. The lowest BCUT2D eigenvalue weighted by atomic mass is 10.3. The molecule has 1 heterocycles. The summed E-state index contributed by atoms with van der Waals surface area (Å²) in [7, 11) is 0. The molecule has 0 saturated carbocycles. The lowest BCUT2D eigenvalue weighted by molar-refractivity contribution is -0.144. The number of alkyl halides is 2. The van der Waals surface area contributed by atoms with Gasteiger partial charge >= 0.3 is 5.97 Å². The maximum Gasteiger partial charge on any atom is 0.334 e. The number of nitrogens with zero attached hydrogens (tertiary/aromatic N) is 1. The molecule has 0 fully saturated rings. The molecule has 13 heavy (non-hydrogen) atoms. The van der Waals surface area contributed by atoms with E-state index in [9.17, 15) is 4.79 Å². The highest BCUT2D eigenvalue weighted by atomic mass is 35.5. The van der Waals surface area contributed by atoms with Gasteiger partial charge in [0.2, 0.25) is 5.90 Å². The van der Waals surface area contributed by atoms with Crippen molar-refractivity contribution in [3.63, 3.8) is 0 Å². The van der Waals surface area contributed by atoms with E-state index in [1.165, 1.54) is 0 Å². The standard InChI is InChI=1S/C7H9Cl2NO3/c1-2-12-7(11)4-3-13-6(10-4)5(8)9/h4-5H,2-3H2,1H3/t4-/m1/s1. The number of rotatable bonds is 3. The Morgan fingerprint density at radius 2 is 2.54 bits per heavy atom. The summed E-state index contributed by atoms with van der Waals surface area (Å²) in [5.74, 6) is -0.229. The van der Waals surface area contributed by atoms with E-state index in [1.54, 1.807) is 6.92 Å². The topological polar surface area (TPSA) is 47.9 Å². The van der Waals surface area contributed by atoms with E-state index >= 15 is 0 Å². The van der Waals surface area contributed by atoms with Crippen LogP contribution in [0.2, 0.25) is 0 Å². The van der Waals surface area contributed by atoms with Crippen molar-refractivity contribution in [3.05, 3.63) is 0 Å². The number of hydrogen-bond donors (Lipinski definition) is 0. The summed E-state index contributed by atoms with van der Waals surface area (Å²) in [4.78, 5) is 14.2. The lowest BCUT2D eigenvalue weighted by Gasteiger charge is -2.03. The second-order valence-corrected chi connectivity index (χ2v) is 3.44. The van der Waals surface area contributed by atoms with Crippen molar-refractivity contribution in [2.45, 2.75) is 17.8 Å². The lowest BCUT2D eigenvalue weighted by Crippen LogP contribution is -2.22. The molecule has 0 saturated heterocycles. The summed E-state index contributed by atoms with van der Waals surface area (Å²) >= 11 is 11.0. The van der Waals surface area contributed by atoms with E-state index in [0.29, 0.717) is 6.61 Å². The van der Waals surface area contributed by atoms with Crippen LogP contribution in [-0.2, 0) is 14.3 Å². The van der Waals surface area contributed by atoms with Crippen LogP contribution in [0, 0.1) is 0 Å². The SMILES string of the molecule is CCOC(=O)[C@H]1COC(C(Cl)Cl)=N1. The van der Waals surface area contributed by atoms with Gasteiger partial charge in [0, 0.05) is 0 Å². The summed E-state index contributed by atoms with van der Waals surface area (Å²) < 4.78 is 9.72. The van der Waals surface area contributed by atoms with Gasteiger partial charge in [0.25, 0.3) is 0 Å². The smallest absolute Gasteiger partial charge is 0.334 e. The van der Waals surface area contributed by atoms with Crippen LogP contribution in [0.4, 0.5) is 0 Å². The fraction of sp³-hybridized carbons (Fsp3) is 0.714. The molecule has 0 amide bonds. The molecule has 1 aliphatic rings. The summed E-state index contributed by atoms with van der Waals surface area (Å²) in [5, 5.41) is 0. The fourth-order valence-corrected chi connectivity index (χ4v) is 1.11. The second-order valence-electron chi connectivity index (χ2n) is 2.35. The van der Waals surface area contributed by atoms with Crippen molar-refractivity contribution in [1.29, 1.82) is 0 Å². The monoisotopic (exact) mass is 225 g/mol. The summed E-state index contributed by atoms with van der Waals surface area (Å²) in [6, 6.07) is -0.616. The van der Waals surface area contributed by atoms with Gasteiger partial charge in [0.05, 0.1) is 6.61 Å². The molecule has 0 aliphatic carbocycles. The maximum absolute atomic E-state index is 11.1. The zero-order chi connectivity index (χ0) is 9.84. The Morgan fingerprint density at radius 3 is 3.00 bits per heavy atom. The minimum absolute atomic E-state index is 0.157. The molecule has 1 aliphatic heterocycles. The van der Waals surface area contributed by atoms with Crippen molar-refractivity contribution in [1.82, 2.24) is 0 Å². The first-order chi connectivity index (χ1) is 6.15. The zero-order valence-electron chi connectivity index (χ0n) is 7.00. The molecule has 1 rings (SSSR count). The molecular weight excluding hydrogens is 217 g/mol. The summed E-state index contributed by atoms with van der Waals surface area (Å²) in [6.45, 7) is 2.21. The Hall–Kier alpha value is -0.480. The van der Waals surface area contributed by atoms with Gasteiger partial charge in [-0.25, -0.2) is 9.79 Å². The average molecular weight is 226 g/mol.